The van der Waals surface area contributed by atoms with Crippen molar-refractivity contribution in [2.24, 2.45) is 0 Å². The lowest BCUT2D eigenvalue weighted by Crippen LogP contribution is -2.48. The number of rotatable bonds is 6. The van der Waals surface area contributed by atoms with Crippen LogP contribution < -0.4 is 15.5 Å². The molecule has 174 valence electrons. The molecule has 3 heterocycles. The fraction of sp³-hybridized carbons (Fsp3) is 0.652. The molecule has 1 spiro atoms. The molecule has 3 fully saturated rings. The molecule has 1 saturated carbocycles. The Balaban J connectivity index is 1.23. The minimum atomic E-state index is -0.734. The number of imide groups is 1. The van der Waals surface area contributed by atoms with Gasteiger partial charge in [-0.2, -0.15) is 0 Å². The first-order valence-corrected chi connectivity index (χ1v) is 11.8. The zero-order valence-corrected chi connectivity index (χ0v) is 18.9. The third-order valence-corrected chi connectivity index (χ3v) is 6.86. The van der Waals surface area contributed by atoms with Crippen LogP contribution in [0.15, 0.2) is 18.3 Å². The van der Waals surface area contributed by atoms with E-state index in [-0.39, 0.29) is 30.8 Å². The maximum absolute atomic E-state index is 12.8. The highest BCUT2D eigenvalue weighted by Gasteiger charge is 2.51. The second kappa shape index (κ2) is 9.85. The Hall–Kier alpha value is -2.68. The Bertz CT molecular complexity index is 837. The number of likely N-dealkylation sites (N-methyl/N-ethyl adjacent to an activating group) is 1. The fourth-order valence-electron chi connectivity index (χ4n) is 4.86. The van der Waals surface area contributed by atoms with Crippen LogP contribution in [0.25, 0.3) is 0 Å². The molecule has 0 aromatic carbocycles. The van der Waals surface area contributed by atoms with E-state index in [0.717, 1.165) is 63.2 Å². The molecule has 32 heavy (non-hydrogen) atoms. The number of hydrogen-bond acceptors (Lipinski definition) is 6. The van der Waals surface area contributed by atoms with Gasteiger partial charge in [0.25, 0.3) is 5.91 Å². The summed E-state index contributed by atoms with van der Waals surface area (Å²) in [5.74, 6) is 0.606. The second-order valence-corrected chi connectivity index (χ2v) is 9.22. The van der Waals surface area contributed by atoms with Crippen LogP contribution >= 0.6 is 0 Å². The number of nitrogens with zero attached hydrogens (tertiary/aromatic N) is 4. The minimum absolute atomic E-state index is 0.0993. The highest BCUT2D eigenvalue weighted by Crippen LogP contribution is 2.33. The first-order valence-electron chi connectivity index (χ1n) is 11.8. The van der Waals surface area contributed by atoms with E-state index in [1.165, 1.54) is 4.90 Å². The molecular formula is C23H34N6O3. The number of amides is 4. The van der Waals surface area contributed by atoms with Gasteiger partial charge in [0.1, 0.15) is 11.4 Å². The van der Waals surface area contributed by atoms with E-state index in [2.05, 4.69) is 32.5 Å². The summed E-state index contributed by atoms with van der Waals surface area (Å²) in [6, 6.07) is 3.62. The second-order valence-electron chi connectivity index (χ2n) is 9.22. The van der Waals surface area contributed by atoms with Crippen LogP contribution in [0.1, 0.15) is 50.5 Å². The summed E-state index contributed by atoms with van der Waals surface area (Å²) in [7, 11) is 2.14. The number of anilines is 1. The van der Waals surface area contributed by atoms with Gasteiger partial charge in [-0.3, -0.25) is 14.5 Å². The Morgan fingerprint density at radius 2 is 1.91 bits per heavy atom. The van der Waals surface area contributed by atoms with Crippen molar-refractivity contribution in [1.29, 1.82) is 0 Å². The zero-order valence-electron chi connectivity index (χ0n) is 18.9. The molecule has 1 aromatic rings. The van der Waals surface area contributed by atoms with Crippen molar-refractivity contribution in [2.75, 3.05) is 44.7 Å². The summed E-state index contributed by atoms with van der Waals surface area (Å²) in [5.41, 5.74) is 0.187. The molecule has 0 atom stereocenters. The lowest BCUT2D eigenvalue weighted by Gasteiger charge is -2.30. The van der Waals surface area contributed by atoms with E-state index in [1.54, 1.807) is 6.20 Å². The summed E-state index contributed by atoms with van der Waals surface area (Å²) in [6.07, 6.45) is 7.39. The van der Waals surface area contributed by atoms with Gasteiger partial charge in [0.05, 0.1) is 0 Å². The van der Waals surface area contributed by atoms with Crippen LogP contribution in [-0.2, 0) is 16.1 Å². The van der Waals surface area contributed by atoms with Gasteiger partial charge >= 0.3 is 6.03 Å². The molecule has 0 radical (unpaired) electrons. The zero-order chi connectivity index (χ0) is 22.6. The molecule has 1 aliphatic carbocycles. The maximum atomic E-state index is 12.8. The third kappa shape index (κ3) is 5.03. The molecule has 0 unspecified atom stereocenters. The van der Waals surface area contributed by atoms with Crippen molar-refractivity contribution in [1.82, 2.24) is 25.4 Å². The van der Waals surface area contributed by atoms with Gasteiger partial charge in [-0.05, 0) is 44.5 Å². The number of carbonyl (C=O) groups excluding carboxylic acids is 3. The number of carbonyl (C=O) groups is 3. The topological polar surface area (TPSA) is 97.9 Å². The van der Waals surface area contributed by atoms with Crippen molar-refractivity contribution in [3.8, 4) is 0 Å². The number of nitrogens with one attached hydrogen (secondary N) is 2. The van der Waals surface area contributed by atoms with Crippen LogP contribution in [0, 0.1) is 0 Å². The standard InChI is InChI=1S/C23H34N6O3/c1-27-11-5-12-28(15-14-27)19-7-6-18(16-24-19)17-25-20(30)8-13-29-21(31)23(26-22(29)32)9-3-2-4-10-23/h6-7,16H,2-5,8-15,17H2,1H3,(H,25,30)(H,26,32). The SMILES string of the molecule is CN1CCCN(c2ccc(CNC(=O)CCN3C(=O)NC4(CCCCC4)C3=O)cn2)CC1. The lowest BCUT2D eigenvalue weighted by molar-refractivity contribution is -0.132. The summed E-state index contributed by atoms with van der Waals surface area (Å²) in [5, 5.41) is 5.75. The van der Waals surface area contributed by atoms with Gasteiger partial charge in [0.15, 0.2) is 0 Å². The Kier molecular flexibility index (Phi) is 6.93. The Labute approximate surface area is 189 Å². The Morgan fingerprint density at radius 3 is 2.66 bits per heavy atom. The van der Waals surface area contributed by atoms with Crippen LogP contribution in [0.5, 0.6) is 0 Å². The fourth-order valence-corrected chi connectivity index (χ4v) is 4.86. The van der Waals surface area contributed by atoms with Crippen LogP contribution in [0.2, 0.25) is 0 Å². The molecule has 0 bridgehead atoms. The van der Waals surface area contributed by atoms with E-state index in [0.29, 0.717) is 19.4 Å². The molecule has 9 nitrogen and oxygen atoms in total. The summed E-state index contributed by atoms with van der Waals surface area (Å²) in [6.45, 7) is 4.57. The lowest BCUT2D eigenvalue weighted by atomic mass is 9.82. The number of aromatic nitrogens is 1. The molecule has 4 rings (SSSR count). The maximum Gasteiger partial charge on any atom is 0.325 e. The van der Waals surface area contributed by atoms with E-state index in [1.807, 2.05) is 12.1 Å². The minimum Gasteiger partial charge on any atom is -0.355 e. The van der Waals surface area contributed by atoms with Crippen LogP contribution in [-0.4, -0.2) is 77.9 Å². The van der Waals surface area contributed by atoms with Gasteiger partial charge in [-0.25, -0.2) is 9.78 Å². The normalized spacial score (nSPS) is 21.5. The van der Waals surface area contributed by atoms with Crippen LogP contribution in [0.3, 0.4) is 0 Å². The molecule has 2 saturated heterocycles. The van der Waals surface area contributed by atoms with E-state index >= 15 is 0 Å². The highest BCUT2D eigenvalue weighted by atomic mass is 16.2. The number of pyridine rings is 1. The first-order chi connectivity index (χ1) is 15.5. The molecule has 4 amide bonds. The predicted octanol–water partition coefficient (Wildman–Crippen LogP) is 1.48. The third-order valence-electron chi connectivity index (χ3n) is 6.86. The van der Waals surface area contributed by atoms with Crippen molar-refractivity contribution in [3.63, 3.8) is 0 Å². The number of hydrogen-bond donors (Lipinski definition) is 2. The molecular weight excluding hydrogens is 408 g/mol. The van der Waals surface area contributed by atoms with Gasteiger partial charge in [0.2, 0.25) is 5.91 Å². The van der Waals surface area contributed by atoms with Gasteiger partial charge < -0.3 is 20.4 Å². The summed E-state index contributed by atoms with van der Waals surface area (Å²) in [4.78, 5) is 47.8. The van der Waals surface area contributed by atoms with Crippen molar-refractivity contribution < 1.29 is 14.4 Å². The molecule has 9 heteroatoms. The highest BCUT2D eigenvalue weighted by molar-refractivity contribution is 6.07. The van der Waals surface area contributed by atoms with Gasteiger partial charge in [0, 0.05) is 45.3 Å². The van der Waals surface area contributed by atoms with Crippen molar-refractivity contribution >= 4 is 23.7 Å². The summed E-state index contributed by atoms with van der Waals surface area (Å²) >= 11 is 0. The average molecular weight is 443 g/mol. The predicted molar refractivity (Wildman–Crippen MR) is 121 cm³/mol. The molecule has 2 N–H and O–H groups in total. The quantitative estimate of drug-likeness (QED) is 0.648. The van der Waals surface area contributed by atoms with Gasteiger partial charge in [-0.1, -0.05) is 25.3 Å². The van der Waals surface area contributed by atoms with Gasteiger partial charge in [-0.15, -0.1) is 0 Å². The molecule has 3 aliphatic rings. The van der Waals surface area contributed by atoms with Crippen molar-refractivity contribution in [2.45, 2.75) is 57.0 Å². The summed E-state index contributed by atoms with van der Waals surface area (Å²) < 4.78 is 0. The van der Waals surface area contributed by atoms with Crippen LogP contribution in [0.4, 0.5) is 10.6 Å². The average Bonchev–Trinajstić information content (AvgIpc) is 2.93. The largest absolute Gasteiger partial charge is 0.355 e. The molecule has 1 aromatic heterocycles. The monoisotopic (exact) mass is 442 g/mol. The number of urea groups is 1. The smallest absolute Gasteiger partial charge is 0.325 e. The van der Waals surface area contributed by atoms with E-state index in [4.69, 9.17) is 0 Å². The Morgan fingerprint density at radius 1 is 1.09 bits per heavy atom. The first kappa shape index (κ1) is 22.5. The molecule has 2 aliphatic heterocycles. The van der Waals surface area contributed by atoms with E-state index < -0.39 is 5.54 Å². The van der Waals surface area contributed by atoms with E-state index in [9.17, 15) is 14.4 Å². The van der Waals surface area contributed by atoms with Crippen molar-refractivity contribution in [3.05, 3.63) is 23.9 Å².